The quantitative estimate of drug-likeness (QED) is 0.860. The number of hydrogen-bond acceptors (Lipinski definition) is 2. The highest BCUT2D eigenvalue weighted by molar-refractivity contribution is 5.85. The third-order valence-electron chi connectivity index (χ3n) is 2.80. The first-order valence-corrected chi connectivity index (χ1v) is 5.45. The molecular weight excluding hydrogens is 236 g/mol. The van der Waals surface area contributed by atoms with E-state index in [1.54, 1.807) is 0 Å². The van der Waals surface area contributed by atoms with Gasteiger partial charge in [0.1, 0.15) is 0 Å². The Morgan fingerprint density at radius 1 is 1.24 bits per heavy atom. The van der Waals surface area contributed by atoms with Gasteiger partial charge in [-0.05, 0) is 50.1 Å². The molecular formula is C13H17ClN2O. The van der Waals surface area contributed by atoms with Crippen molar-refractivity contribution in [1.29, 1.82) is 0 Å². The van der Waals surface area contributed by atoms with E-state index in [4.69, 9.17) is 5.73 Å². The number of benzene rings is 1. The van der Waals surface area contributed by atoms with E-state index < -0.39 is 0 Å². The van der Waals surface area contributed by atoms with E-state index in [0.29, 0.717) is 13.0 Å². The summed E-state index contributed by atoms with van der Waals surface area (Å²) in [5, 5.41) is 1.11. The van der Waals surface area contributed by atoms with Crippen molar-refractivity contribution in [2.24, 2.45) is 5.73 Å². The van der Waals surface area contributed by atoms with E-state index in [1.165, 1.54) is 5.56 Å². The van der Waals surface area contributed by atoms with Gasteiger partial charge in [-0.2, -0.15) is 0 Å². The van der Waals surface area contributed by atoms with Gasteiger partial charge in [0.25, 0.3) is 5.56 Å². The molecule has 0 bridgehead atoms. The van der Waals surface area contributed by atoms with Crippen LogP contribution in [-0.4, -0.2) is 11.5 Å². The van der Waals surface area contributed by atoms with Crippen LogP contribution in [0.1, 0.15) is 16.7 Å². The van der Waals surface area contributed by atoms with Crippen LogP contribution in [0.4, 0.5) is 0 Å². The third-order valence-corrected chi connectivity index (χ3v) is 2.80. The van der Waals surface area contributed by atoms with E-state index in [1.807, 2.05) is 19.1 Å². The van der Waals surface area contributed by atoms with Crippen LogP contribution in [0.2, 0.25) is 0 Å². The SMILES string of the molecule is Cc1cc(C)c2cc(CCN)c(=O)[nH]c2c1.Cl. The first kappa shape index (κ1) is 13.7. The summed E-state index contributed by atoms with van der Waals surface area (Å²) in [6.45, 7) is 4.58. The van der Waals surface area contributed by atoms with Crippen molar-refractivity contribution in [2.75, 3.05) is 6.54 Å². The number of H-pyrrole nitrogens is 1. The predicted octanol–water partition coefficient (Wildman–Crippen LogP) is 2.07. The molecule has 2 rings (SSSR count). The van der Waals surface area contributed by atoms with Gasteiger partial charge in [-0.15, -0.1) is 12.4 Å². The average Bonchev–Trinajstić information content (AvgIpc) is 2.20. The topological polar surface area (TPSA) is 58.9 Å². The Morgan fingerprint density at radius 3 is 2.59 bits per heavy atom. The molecule has 0 amide bonds. The van der Waals surface area contributed by atoms with Gasteiger partial charge in [0.2, 0.25) is 0 Å². The monoisotopic (exact) mass is 252 g/mol. The zero-order valence-electron chi connectivity index (χ0n) is 10.0. The molecule has 1 aromatic carbocycles. The van der Waals surface area contributed by atoms with Crippen LogP contribution in [0.3, 0.4) is 0 Å². The molecule has 17 heavy (non-hydrogen) atoms. The molecule has 0 aliphatic carbocycles. The van der Waals surface area contributed by atoms with E-state index in [2.05, 4.69) is 18.0 Å². The molecule has 92 valence electrons. The molecule has 0 radical (unpaired) electrons. The highest BCUT2D eigenvalue weighted by Gasteiger charge is 2.04. The van der Waals surface area contributed by atoms with Crippen molar-refractivity contribution in [3.8, 4) is 0 Å². The molecule has 0 saturated carbocycles. The summed E-state index contributed by atoms with van der Waals surface area (Å²) in [6.07, 6.45) is 0.624. The fourth-order valence-corrected chi connectivity index (χ4v) is 2.06. The van der Waals surface area contributed by atoms with Crippen LogP contribution in [0, 0.1) is 13.8 Å². The number of halogens is 1. The number of nitrogens with one attached hydrogen (secondary N) is 1. The summed E-state index contributed by atoms with van der Waals surface area (Å²) >= 11 is 0. The maximum absolute atomic E-state index is 11.7. The van der Waals surface area contributed by atoms with Crippen LogP contribution in [0.15, 0.2) is 23.0 Å². The molecule has 0 fully saturated rings. The minimum atomic E-state index is -0.0250. The Morgan fingerprint density at radius 2 is 1.94 bits per heavy atom. The Balaban J connectivity index is 0.00000144. The fourth-order valence-electron chi connectivity index (χ4n) is 2.06. The zero-order valence-corrected chi connectivity index (χ0v) is 10.9. The number of aromatic nitrogens is 1. The van der Waals surface area contributed by atoms with Gasteiger partial charge in [-0.1, -0.05) is 6.07 Å². The van der Waals surface area contributed by atoms with E-state index in [9.17, 15) is 4.79 Å². The van der Waals surface area contributed by atoms with Gasteiger partial charge in [0, 0.05) is 16.5 Å². The van der Waals surface area contributed by atoms with Crippen molar-refractivity contribution in [3.05, 3.63) is 45.2 Å². The molecule has 0 atom stereocenters. The Hall–Kier alpha value is -1.32. The summed E-state index contributed by atoms with van der Waals surface area (Å²) in [7, 11) is 0. The van der Waals surface area contributed by atoms with E-state index in [0.717, 1.165) is 22.0 Å². The fraction of sp³-hybridized carbons (Fsp3) is 0.308. The molecule has 0 saturated heterocycles. The number of aryl methyl sites for hydroxylation is 2. The number of pyridine rings is 1. The van der Waals surface area contributed by atoms with Gasteiger partial charge in [-0.25, -0.2) is 0 Å². The van der Waals surface area contributed by atoms with Gasteiger partial charge >= 0.3 is 0 Å². The Bertz CT molecular complexity index is 590. The molecule has 3 N–H and O–H groups in total. The molecule has 0 unspecified atom stereocenters. The lowest BCUT2D eigenvalue weighted by atomic mass is 10.0. The molecule has 1 aromatic heterocycles. The lowest BCUT2D eigenvalue weighted by Crippen LogP contribution is -2.16. The highest BCUT2D eigenvalue weighted by atomic mass is 35.5. The number of hydrogen-bond donors (Lipinski definition) is 2. The smallest absolute Gasteiger partial charge is 0.251 e. The highest BCUT2D eigenvalue weighted by Crippen LogP contribution is 2.18. The van der Waals surface area contributed by atoms with Crippen LogP contribution >= 0.6 is 12.4 Å². The van der Waals surface area contributed by atoms with Crippen molar-refractivity contribution in [1.82, 2.24) is 4.98 Å². The minimum absolute atomic E-state index is 0. The van der Waals surface area contributed by atoms with Crippen LogP contribution in [-0.2, 0) is 6.42 Å². The number of rotatable bonds is 2. The summed E-state index contributed by atoms with van der Waals surface area (Å²) in [5.74, 6) is 0. The van der Waals surface area contributed by atoms with Gasteiger partial charge < -0.3 is 10.7 Å². The van der Waals surface area contributed by atoms with Crippen molar-refractivity contribution < 1.29 is 0 Å². The molecule has 0 spiro atoms. The molecule has 4 heteroatoms. The van der Waals surface area contributed by atoms with Crippen molar-refractivity contribution >= 4 is 23.3 Å². The number of aromatic amines is 1. The normalized spacial score (nSPS) is 10.3. The largest absolute Gasteiger partial charge is 0.330 e. The molecule has 1 heterocycles. The maximum atomic E-state index is 11.7. The lowest BCUT2D eigenvalue weighted by Gasteiger charge is -2.06. The molecule has 0 aliphatic heterocycles. The Labute approximate surface area is 106 Å². The van der Waals surface area contributed by atoms with E-state index in [-0.39, 0.29) is 18.0 Å². The van der Waals surface area contributed by atoms with Gasteiger partial charge in [0.15, 0.2) is 0 Å². The molecule has 2 aromatic rings. The van der Waals surface area contributed by atoms with Gasteiger partial charge in [-0.3, -0.25) is 4.79 Å². The van der Waals surface area contributed by atoms with Crippen LogP contribution < -0.4 is 11.3 Å². The van der Waals surface area contributed by atoms with Gasteiger partial charge in [0.05, 0.1) is 0 Å². The third kappa shape index (κ3) is 2.68. The standard InChI is InChI=1S/C13H16N2O.ClH/c1-8-5-9(2)11-7-10(3-4-14)13(16)15-12(11)6-8;/h5-7H,3-4,14H2,1-2H3,(H,15,16);1H. The van der Waals surface area contributed by atoms with Crippen LogP contribution in [0.25, 0.3) is 10.9 Å². The number of fused-ring (bicyclic) bond motifs is 1. The molecule has 3 nitrogen and oxygen atoms in total. The van der Waals surface area contributed by atoms with E-state index >= 15 is 0 Å². The second-order valence-electron chi connectivity index (χ2n) is 4.21. The summed E-state index contributed by atoms with van der Waals surface area (Å²) in [4.78, 5) is 14.6. The predicted molar refractivity (Wildman–Crippen MR) is 74.0 cm³/mol. The zero-order chi connectivity index (χ0) is 11.7. The lowest BCUT2D eigenvalue weighted by molar-refractivity contribution is 0.948. The summed E-state index contributed by atoms with van der Waals surface area (Å²) < 4.78 is 0. The second-order valence-corrected chi connectivity index (χ2v) is 4.21. The van der Waals surface area contributed by atoms with Crippen LogP contribution in [0.5, 0.6) is 0 Å². The van der Waals surface area contributed by atoms with Crippen molar-refractivity contribution in [3.63, 3.8) is 0 Å². The second kappa shape index (κ2) is 5.34. The summed E-state index contributed by atoms with van der Waals surface area (Å²) in [6, 6.07) is 6.07. The maximum Gasteiger partial charge on any atom is 0.251 e. The minimum Gasteiger partial charge on any atom is -0.330 e. The first-order valence-electron chi connectivity index (χ1n) is 5.45. The summed E-state index contributed by atoms with van der Waals surface area (Å²) in [5.41, 5.74) is 9.47. The first-order chi connectivity index (χ1) is 7.61. The molecule has 0 aliphatic rings. The van der Waals surface area contributed by atoms with Crippen molar-refractivity contribution in [2.45, 2.75) is 20.3 Å². The Kier molecular flexibility index (Phi) is 4.32. The average molecular weight is 253 g/mol. The number of nitrogens with two attached hydrogens (primary N) is 1.